The van der Waals surface area contributed by atoms with E-state index in [0.717, 1.165) is 35.3 Å². The number of nitrogens with zero attached hydrogens (tertiary/aromatic N) is 4. The number of allylic oxidation sites excluding steroid dienone is 1. The molecule has 1 aliphatic carbocycles. The second kappa shape index (κ2) is 11.5. The molecule has 0 fully saturated rings. The van der Waals surface area contributed by atoms with Gasteiger partial charge in [-0.15, -0.1) is 10.2 Å². The van der Waals surface area contributed by atoms with Crippen LogP contribution in [0.1, 0.15) is 40.7 Å². The van der Waals surface area contributed by atoms with Gasteiger partial charge in [-0.05, 0) is 75.6 Å². The van der Waals surface area contributed by atoms with Crippen molar-refractivity contribution in [1.82, 2.24) is 20.2 Å². The van der Waals surface area contributed by atoms with E-state index in [-0.39, 0.29) is 6.61 Å². The van der Waals surface area contributed by atoms with E-state index in [1.54, 1.807) is 0 Å². The van der Waals surface area contributed by atoms with Crippen molar-refractivity contribution in [3.8, 4) is 17.1 Å². The summed E-state index contributed by atoms with van der Waals surface area (Å²) in [7, 11) is 0. The van der Waals surface area contributed by atoms with Crippen LogP contribution in [0.25, 0.3) is 22.5 Å². The van der Waals surface area contributed by atoms with Gasteiger partial charge < -0.3 is 9.84 Å². The maximum Gasteiger partial charge on any atom is 0.204 e. The van der Waals surface area contributed by atoms with Gasteiger partial charge in [0, 0.05) is 12.2 Å². The summed E-state index contributed by atoms with van der Waals surface area (Å²) in [5, 5.41) is 21.8. The van der Waals surface area contributed by atoms with E-state index in [1.807, 2.05) is 18.2 Å². The van der Waals surface area contributed by atoms with Gasteiger partial charge in [-0.3, -0.25) is 0 Å². The Labute approximate surface area is 228 Å². The van der Waals surface area contributed by atoms with E-state index >= 15 is 0 Å². The van der Waals surface area contributed by atoms with Gasteiger partial charge in [0.05, 0.1) is 6.54 Å². The quantitative estimate of drug-likeness (QED) is 0.253. The van der Waals surface area contributed by atoms with E-state index in [4.69, 9.17) is 9.84 Å². The van der Waals surface area contributed by atoms with Gasteiger partial charge >= 0.3 is 0 Å². The van der Waals surface area contributed by atoms with Crippen LogP contribution in [0, 0.1) is 0 Å². The molecule has 39 heavy (non-hydrogen) atoms. The highest BCUT2D eigenvalue weighted by Gasteiger charge is 2.22. The number of fused-ring (bicyclic) bond motifs is 1. The van der Waals surface area contributed by atoms with Crippen LogP contribution in [0.15, 0.2) is 103 Å². The molecule has 1 aliphatic rings. The Hall–Kier alpha value is -4.55. The lowest BCUT2D eigenvalue weighted by molar-refractivity contribution is 0.272. The van der Waals surface area contributed by atoms with Crippen molar-refractivity contribution in [1.29, 1.82) is 0 Å². The first-order chi connectivity index (χ1) is 19.3. The zero-order valence-corrected chi connectivity index (χ0v) is 21.7. The van der Waals surface area contributed by atoms with Crippen molar-refractivity contribution in [2.75, 3.05) is 6.61 Å². The third-order valence-corrected chi connectivity index (χ3v) is 7.06. The Morgan fingerprint density at radius 1 is 0.769 bits per heavy atom. The fourth-order valence-corrected chi connectivity index (χ4v) is 5.11. The number of tetrazole rings is 1. The molecule has 5 aromatic rings. The fraction of sp³-hybridized carbons (Fsp3) is 0.182. The highest BCUT2D eigenvalue weighted by atomic mass is 16.5. The van der Waals surface area contributed by atoms with Gasteiger partial charge in [-0.2, -0.15) is 4.80 Å². The third kappa shape index (κ3) is 5.52. The molecule has 0 spiro atoms. The Bertz CT molecular complexity index is 1580. The van der Waals surface area contributed by atoms with Gasteiger partial charge in [0.25, 0.3) is 0 Å². The summed E-state index contributed by atoms with van der Waals surface area (Å²) in [6.07, 6.45) is 2.52. The number of aliphatic hydroxyl groups is 1. The Morgan fingerprint density at radius 2 is 1.51 bits per heavy atom. The number of benzene rings is 4. The Balaban J connectivity index is 1.33. The topological polar surface area (TPSA) is 73.1 Å². The van der Waals surface area contributed by atoms with Gasteiger partial charge in [0.2, 0.25) is 5.82 Å². The number of aryl methyl sites for hydroxylation is 2. The number of aliphatic hydroxyl groups excluding tert-OH is 1. The molecule has 0 saturated carbocycles. The van der Waals surface area contributed by atoms with Crippen LogP contribution in [-0.2, 0) is 19.6 Å². The number of rotatable bonds is 9. The second-order valence-corrected chi connectivity index (χ2v) is 9.68. The van der Waals surface area contributed by atoms with E-state index in [2.05, 4.69) is 100 Å². The molecule has 0 unspecified atom stereocenters. The first-order valence-corrected chi connectivity index (χ1v) is 13.4. The summed E-state index contributed by atoms with van der Waals surface area (Å²) in [6.45, 7) is 1.20. The van der Waals surface area contributed by atoms with Crippen molar-refractivity contribution in [2.24, 2.45) is 0 Å². The smallest absolute Gasteiger partial charge is 0.204 e. The molecule has 194 valence electrons. The minimum absolute atomic E-state index is 0.104. The summed E-state index contributed by atoms with van der Waals surface area (Å²) < 4.78 is 6.15. The third-order valence-electron chi connectivity index (χ3n) is 7.06. The van der Waals surface area contributed by atoms with Gasteiger partial charge in [0.1, 0.15) is 12.4 Å². The van der Waals surface area contributed by atoms with Gasteiger partial charge in [-0.25, -0.2) is 0 Å². The molecule has 4 aromatic carbocycles. The van der Waals surface area contributed by atoms with Crippen LogP contribution in [0.4, 0.5) is 0 Å². The average Bonchev–Trinajstić information content (AvgIpc) is 3.48. The number of ether oxygens (including phenoxy) is 1. The zero-order valence-electron chi connectivity index (χ0n) is 21.7. The molecule has 0 radical (unpaired) electrons. The molecule has 0 bridgehead atoms. The van der Waals surface area contributed by atoms with Crippen LogP contribution in [0.3, 0.4) is 0 Å². The Kier molecular flexibility index (Phi) is 7.28. The summed E-state index contributed by atoms with van der Waals surface area (Å²) in [6, 6.07) is 35.8. The zero-order chi connectivity index (χ0) is 26.4. The summed E-state index contributed by atoms with van der Waals surface area (Å²) in [4.78, 5) is 1.53. The summed E-state index contributed by atoms with van der Waals surface area (Å²) in [5.41, 5.74) is 9.62. The minimum atomic E-state index is 0.104. The maximum atomic E-state index is 9.07. The molecule has 0 saturated heterocycles. The normalized spacial score (nSPS) is 12.8. The van der Waals surface area contributed by atoms with Crippen molar-refractivity contribution in [2.45, 2.75) is 32.4 Å². The summed E-state index contributed by atoms with van der Waals surface area (Å²) in [5.74, 6) is 1.48. The van der Waals surface area contributed by atoms with Crippen molar-refractivity contribution < 1.29 is 9.84 Å². The number of aromatic nitrogens is 4. The molecule has 0 atom stereocenters. The number of hydrogen-bond acceptors (Lipinski definition) is 5. The van der Waals surface area contributed by atoms with Crippen LogP contribution in [-0.4, -0.2) is 31.9 Å². The molecule has 1 N–H and O–H groups in total. The fourth-order valence-electron chi connectivity index (χ4n) is 5.11. The van der Waals surface area contributed by atoms with E-state index in [1.165, 1.54) is 32.6 Å². The molecule has 6 nitrogen and oxygen atoms in total. The van der Waals surface area contributed by atoms with Crippen LogP contribution < -0.4 is 4.74 Å². The highest BCUT2D eigenvalue weighted by molar-refractivity contribution is 6.01. The monoisotopic (exact) mass is 514 g/mol. The Morgan fingerprint density at radius 3 is 2.28 bits per heavy atom. The predicted octanol–water partition coefficient (Wildman–Crippen LogP) is 6.21. The lowest BCUT2D eigenvalue weighted by atomic mass is 9.79. The number of hydrogen-bond donors (Lipinski definition) is 1. The van der Waals surface area contributed by atoms with Gasteiger partial charge in [0.15, 0.2) is 0 Å². The molecule has 6 rings (SSSR count). The highest BCUT2D eigenvalue weighted by Crippen LogP contribution is 2.42. The first kappa shape index (κ1) is 24.8. The first-order valence-electron chi connectivity index (χ1n) is 13.4. The van der Waals surface area contributed by atoms with Crippen molar-refractivity contribution in [3.05, 3.63) is 131 Å². The van der Waals surface area contributed by atoms with Crippen molar-refractivity contribution >= 4 is 11.1 Å². The maximum absolute atomic E-state index is 9.07. The predicted molar refractivity (Wildman–Crippen MR) is 153 cm³/mol. The standard InChI is InChI=1S/C33H30N4O2/c38-21-7-20-37-35-33(34-36-37)27-14-12-26(13-15-27)32-30(25-10-5-2-6-11-25)18-16-28-22-29(17-19-31(28)32)39-23-24-8-3-1-4-9-24/h1-6,8-15,17,19,22,38H,7,16,18,20-21,23H2. The lowest BCUT2D eigenvalue weighted by Gasteiger charge is -2.25. The van der Waals surface area contributed by atoms with E-state index in [9.17, 15) is 0 Å². The lowest BCUT2D eigenvalue weighted by Crippen LogP contribution is -2.07. The van der Waals surface area contributed by atoms with E-state index < -0.39 is 0 Å². The SMILES string of the molecule is OCCCn1nnc(-c2ccc(C3=C(c4ccccc4)CCc4cc(OCc5ccccc5)ccc43)cc2)n1. The molecule has 0 amide bonds. The summed E-state index contributed by atoms with van der Waals surface area (Å²) >= 11 is 0. The molecule has 1 aromatic heterocycles. The van der Waals surface area contributed by atoms with Crippen LogP contribution in [0.2, 0.25) is 0 Å². The van der Waals surface area contributed by atoms with E-state index in [0.29, 0.717) is 25.4 Å². The van der Waals surface area contributed by atoms with Gasteiger partial charge in [-0.1, -0.05) is 91.0 Å². The minimum Gasteiger partial charge on any atom is -0.489 e. The average molecular weight is 515 g/mol. The molecule has 6 heteroatoms. The molecular formula is C33H30N4O2. The molecular weight excluding hydrogens is 484 g/mol. The van der Waals surface area contributed by atoms with Crippen LogP contribution in [0.5, 0.6) is 5.75 Å². The van der Waals surface area contributed by atoms with Crippen LogP contribution >= 0.6 is 0 Å². The van der Waals surface area contributed by atoms with Crippen molar-refractivity contribution in [3.63, 3.8) is 0 Å². The second-order valence-electron chi connectivity index (χ2n) is 9.68. The molecule has 1 heterocycles. The molecule has 0 aliphatic heterocycles. The largest absolute Gasteiger partial charge is 0.489 e.